The van der Waals surface area contributed by atoms with Crippen LogP contribution < -0.4 is 0 Å². The number of hydrogen-bond acceptors (Lipinski definition) is 4. The van der Waals surface area contributed by atoms with E-state index in [1.165, 1.54) is 178 Å². The van der Waals surface area contributed by atoms with Gasteiger partial charge in [-0.3, -0.25) is 9.59 Å². The lowest BCUT2D eigenvalue weighted by Gasteiger charge is -2.08. The maximum atomic E-state index is 9.90. The van der Waals surface area contributed by atoms with Gasteiger partial charge in [0.2, 0.25) is 0 Å². The van der Waals surface area contributed by atoms with E-state index in [0.29, 0.717) is 12.8 Å². The summed E-state index contributed by atoms with van der Waals surface area (Å²) in [6, 6.07) is 21.8. The van der Waals surface area contributed by atoms with E-state index in [1.54, 1.807) is 0 Å². The van der Waals surface area contributed by atoms with Gasteiger partial charge in [-0.05, 0) is 104 Å². The van der Waals surface area contributed by atoms with Crippen LogP contribution in [-0.4, -0.2) is 73.2 Å². The molecule has 2 aromatic carbocycles. The average molecular weight is 753 g/mol. The quantitative estimate of drug-likeness (QED) is 0.0707. The number of hydrogen-bond donors (Lipinski definition) is 2. The zero-order valence-corrected chi connectivity index (χ0v) is 35.6. The van der Waals surface area contributed by atoms with E-state index in [1.807, 2.05) is 0 Å². The van der Waals surface area contributed by atoms with Crippen LogP contribution in [-0.2, 0) is 22.4 Å². The molecule has 0 unspecified atom stereocenters. The molecule has 0 spiro atoms. The topological polar surface area (TPSA) is 81.1 Å². The summed E-state index contributed by atoms with van der Waals surface area (Å²) in [4.78, 5) is 24.4. The fraction of sp³-hybridized carbons (Fsp3) is 0.708. The van der Waals surface area contributed by atoms with E-state index in [-0.39, 0.29) is 12.8 Å². The van der Waals surface area contributed by atoms with E-state index in [0.717, 1.165) is 0 Å². The maximum absolute atomic E-state index is 9.90. The van der Waals surface area contributed by atoms with Gasteiger partial charge in [0.05, 0.1) is 0 Å². The van der Waals surface area contributed by atoms with Crippen LogP contribution in [0.2, 0.25) is 0 Å². The monoisotopic (exact) mass is 753 g/mol. The number of aryl methyl sites for hydroxylation is 2. The molecule has 0 atom stereocenters. The molecular weight excluding hydrogens is 669 g/mol. The molecule has 6 nitrogen and oxygen atoms in total. The second kappa shape index (κ2) is 40.0. The molecule has 2 N–H and O–H groups in total. The smallest absolute Gasteiger partial charge is 0.303 e. The first-order chi connectivity index (χ1) is 26.2. The minimum absolute atomic E-state index is 0.0628. The number of rotatable bonds is 33. The van der Waals surface area contributed by atoms with Gasteiger partial charge in [-0.2, -0.15) is 0 Å². The Morgan fingerprint density at radius 1 is 0.370 bits per heavy atom. The third kappa shape index (κ3) is 42.0. The van der Waals surface area contributed by atoms with Gasteiger partial charge < -0.3 is 20.0 Å². The molecule has 0 bridgehead atoms. The standard InChI is InChI=1S/2C21H37N.C6H10O4/c2*1-22(2)20-16-11-9-7-5-3-4-6-8-10-13-17-21-18-14-12-15-19-21;7-5(8)3-1-2-4-6(9)10/h2*12,14-15,18-19H,3-11,13,16-17,20H2,1-2H3;1-4H2,(H,7,8)(H,9,10). The Hall–Kier alpha value is -2.70. The number of carboxylic acids is 2. The molecule has 0 aliphatic rings. The Kier molecular flexibility index (Phi) is 38.0. The van der Waals surface area contributed by atoms with Crippen molar-refractivity contribution in [3.8, 4) is 0 Å². The maximum Gasteiger partial charge on any atom is 0.303 e. The summed E-state index contributed by atoms with van der Waals surface area (Å²) in [6.45, 7) is 2.51. The van der Waals surface area contributed by atoms with Crippen LogP contribution >= 0.6 is 0 Å². The summed E-state index contributed by atoms with van der Waals surface area (Å²) in [5.41, 5.74) is 2.99. The summed E-state index contributed by atoms with van der Waals surface area (Å²) >= 11 is 0. The minimum Gasteiger partial charge on any atom is -0.481 e. The SMILES string of the molecule is CN(C)CCCCCCCCCCCCCc1ccccc1.CN(C)CCCCCCCCCCCCCc1ccccc1.O=C(O)CCCCC(=O)O. The number of nitrogens with zero attached hydrogens (tertiary/aromatic N) is 2. The first kappa shape index (κ1) is 51.3. The minimum atomic E-state index is -0.870. The number of unbranched alkanes of at least 4 members (excludes halogenated alkanes) is 21. The normalized spacial score (nSPS) is 10.9. The van der Waals surface area contributed by atoms with Crippen molar-refractivity contribution < 1.29 is 19.8 Å². The molecule has 6 heteroatoms. The van der Waals surface area contributed by atoms with Crippen LogP contribution in [0.15, 0.2) is 60.7 Å². The van der Waals surface area contributed by atoms with E-state index in [2.05, 4.69) is 98.7 Å². The molecule has 0 aromatic heterocycles. The largest absolute Gasteiger partial charge is 0.481 e. The van der Waals surface area contributed by atoms with Crippen molar-refractivity contribution in [3.63, 3.8) is 0 Å². The van der Waals surface area contributed by atoms with Crippen LogP contribution in [0.5, 0.6) is 0 Å². The molecule has 0 heterocycles. The fourth-order valence-corrected chi connectivity index (χ4v) is 6.54. The number of carboxylic acid groups (broad SMARTS) is 2. The second-order valence-corrected chi connectivity index (χ2v) is 15.9. The van der Waals surface area contributed by atoms with Crippen LogP contribution in [0.25, 0.3) is 0 Å². The molecule has 0 radical (unpaired) electrons. The van der Waals surface area contributed by atoms with Crippen LogP contribution in [0.1, 0.15) is 178 Å². The van der Waals surface area contributed by atoms with Crippen molar-refractivity contribution >= 4 is 11.9 Å². The van der Waals surface area contributed by atoms with Crippen LogP contribution in [0.4, 0.5) is 0 Å². The highest BCUT2D eigenvalue weighted by Crippen LogP contribution is 2.14. The Labute approximate surface area is 333 Å². The summed E-state index contributed by atoms with van der Waals surface area (Å²) in [7, 11) is 8.67. The number of aliphatic carboxylic acids is 2. The highest BCUT2D eigenvalue weighted by atomic mass is 16.4. The van der Waals surface area contributed by atoms with Gasteiger partial charge in [-0.15, -0.1) is 0 Å². The Bertz CT molecular complexity index is 975. The lowest BCUT2D eigenvalue weighted by molar-refractivity contribution is -0.139. The third-order valence-corrected chi connectivity index (χ3v) is 9.86. The zero-order valence-electron chi connectivity index (χ0n) is 35.6. The molecule has 310 valence electrons. The van der Waals surface area contributed by atoms with Gasteiger partial charge in [0.25, 0.3) is 0 Å². The molecule has 54 heavy (non-hydrogen) atoms. The van der Waals surface area contributed by atoms with Crippen molar-refractivity contribution in [2.45, 2.75) is 180 Å². The molecule has 0 saturated heterocycles. The van der Waals surface area contributed by atoms with Gasteiger partial charge in [0, 0.05) is 12.8 Å². The van der Waals surface area contributed by atoms with Gasteiger partial charge in [0.15, 0.2) is 0 Å². The first-order valence-electron chi connectivity index (χ1n) is 22.0. The Balaban J connectivity index is 0.000000837. The van der Waals surface area contributed by atoms with Crippen molar-refractivity contribution in [1.82, 2.24) is 9.80 Å². The second-order valence-electron chi connectivity index (χ2n) is 15.9. The van der Waals surface area contributed by atoms with E-state index in [9.17, 15) is 9.59 Å². The summed E-state index contributed by atoms with van der Waals surface area (Å²) < 4.78 is 0. The number of benzene rings is 2. The van der Waals surface area contributed by atoms with E-state index < -0.39 is 11.9 Å². The predicted octanol–water partition coefficient (Wildman–Crippen LogP) is 12.9. The molecule has 2 aromatic rings. The Morgan fingerprint density at radius 2 is 0.611 bits per heavy atom. The average Bonchev–Trinajstić information content (AvgIpc) is 3.15. The summed E-state index contributed by atoms with van der Waals surface area (Å²) in [6.07, 6.45) is 34.8. The highest BCUT2D eigenvalue weighted by molar-refractivity contribution is 5.67. The lowest BCUT2D eigenvalue weighted by Crippen LogP contribution is -2.12. The van der Waals surface area contributed by atoms with Crippen molar-refractivity contribution in [1.29, 1.82) is 0 Å². The lowest BCUT2D eigenvalue weighted by atomic mass is 10.0. The fourth-order valence-electron chi connectivity index (χ4n) is 6.54. The molecule has 0 aliphatic carbocycles. The Morgan fingerprint density at radius 3 is 0.852 bits per heavy atom. The molecule has 2 rings (SSSR count). The van der Waals surface area contributed by atoms with Crippen molar-refractivity contribution in [3.05, 3.63) is 71.8 Å². The van der Waals surface area contributed by atoms with Crippen LogP contribution in [0, 0.1) is 0 Å². The summed E-state index contributed by atoms with van der Waals surface area (Å²) in [5, 5.41) is 16.3. The van der Waals surface area contributed by atoms with Gasteiger partial charge in [-0.25, -0.2) is 0 Å². The van der Waals surface area contributed by atoms with Crippen molar-refractivity contribution in [2.24, 2.45) is 0 Å². The predicted molar refractivity (Wildman–Crippen MR) is 233 cm³/mol. The van der Waals surface area contributed by atoms with Gasteiger partial charge in [0.1, 0.15) is 0 Å². The zero-order chi connectivity index (χ0) is 39.7. The third-order valence-electron chi connectivity index (χ3n) is 9.86. The molecular formula is C48H84N2O4. The highest BCUT2D eigenvalue weighted by Gasteiger charge is 2.00. The van der Waals surface area contributed by atoms with Crippen molar-refractivity contribution in [2.75, 3.05) is 41.3 Å². The van der Waals surface area contributed by atoms with E-state index >= 15 is 0 Å². The molecule has 0 amide bonds. The molecule has 0 fully saturated rings. The van der Waals surface area contributed by atoms with E-state index in [4.69, 9.17) is 10.2 Å². The number of carbonyl (C=O) groups is 2. The first-order valence-corrected chi connectivity index (χ1v) is 22.0. The van der Waals surface area contributed by atoms with Gasteiger partial charge >= 0.3 is 11.9 Å². The molecule has 0 aliphatic heterocycles. The van der Waals surface area contributed by atoms with Crippen LogP contribution in [0.3, 0.4) is 0 Å². The summed E-state index contributed by atoms with van der Waals surface area (Å²) in [5.74, 6) is -1.74. The molecule has 0 saturated carbocycles. The van der Waals surface area contributed by atoms with Gasteiger partial charge in [-0.1, -0.05) is 176 Å².